The summed E-state index contributed by atoms with van der Waals surface area (Å²) in [5.74, 6) is -0.212. The van der Waals surface area contributed by atoms with E-state index in [0.29, 0.717) is 5.56 Å². The molecular formula is C11H13F3O2. The highest BCUT2D eigenvalue weighted by molar-refractivity contribution is 5.43. The zero-order chi connectivity index (χ0) is 12.3. The average molecular weight is 234 g/mol. The van der Waals surface area contributed by atoms with Gasteiger partial charge in [-0.2, -0.15) is 13.2 Å². The van der Waals surface area contributed by atoms with Crippen LogP contribution in [0.4, 0.5) is 13.2 Å². The van der Waals surface area contributed by atoms with E-state index in [2.05, 4.69) is 0 Å². The van der Waals surface area contributed by atoms with Crippen molar-refractivity contribution in [3.63, 3.8) is 0 Å². The minimum Gasteiger partial charge on any atom is -0.496 e. The van der Waals surface area contributed by atoms with Crippen LogP contribution in [0.5, 0.6) is 5.75 Å². The van der Waals surface area contributed by atoms with E-state index >= 15 is 0 Å². The fraction of sp³-hybridized carbons (Fsp3) is 0.455. The molecule has 0 aliphatic carbocycles. The fourth-order valence-corrected chi connectivity index (χ4v) is 1.53. The number of hydrogen-bond donors (Lipinski definition) is 1. The second-order valence-corrected chi connectivity index (χ2v) is 3.55. The van der Waals surface area contributed by atoms with Crippen LogP contribution in [-0.2, 0) is 12.6 Å². The van der Waals surface area contributed by atoms with Crippen molar-refractivity contribution in [2.24, 2.45) is 0 Å². The molecule has 0 aromatic heterocycles. The van der Waals surface area contributed by atoms with Gasteiger partial charge in [-0.3, -0.25) is 0 Å². The number of hydrogen-bond acceptors (Lipinski definition) is 2. The summed E-state index contributed by atoms with van der Waals surface area (Å²) in [6.07, 6.45) is -5.02. The molecule has 0 fully saturated rings. The standard InChI is InChI=1S/C11H13F3O2/c1-7(15)6-8-4-3-5-9(10(8)16-2)11(12,13)14/h3-5,7,15H,6H2,1-2H3/t7-/m0/s1. The zero-order valence-corrected chi connectivity index (χ0v) is 9.01. The summed E-state index contributed by atoms with van der Waals surface area (Å²) >= 11 is 0. The first-order valence-electron chi connectivity index (χ1n) is 4.77. The van der Waals surface area contributed by atoms with Gasteiger partial charge in [-0.1, -0.05) is 12.1 Å². The molecule has 1 aromatic rings. The number of aliphatic hydroxyl groups excluding tert-OH is 1. The van der Waals surface area contributed by atoms with Gasteiger partial charge in [0.2, 0.25) is 0 Å². The molecule has 16 heavy (non-hydrogen) atoms. The van der Waals surface area contributed by atoms with E-state index in [1.165, 1.54) is 26.2 Å². The Morgan fingerprint density at radius 3 is 2.44 bits per heavy atom. The SMILES string of the molecule is COc1c(C[C@H](C)O)cccc1C(F)(F)F. The summed E-state index contributed by atoms with van der Waals surface area (Å²) in [6, 6.07) is 3.79. The van der Waals surface area contributed by atoms with Crippen molar-refractivity contribution < 1.29 is 23.0 Å². The molecule has 0 saturated carbocycles. The molecule has 0 unspecified atom stereocenters. The van der Waals surface area contributed by atoms with E-state index in [9.17, 15) is 18.3 Å². The summed E-state index contributed by atoms with van der Waals surface area (Å²) in [6.45, 7) is 1.51. The van der Waals surface area contributed by atoms with Gasteiger partial charge in [0, 0.05) is 6.42 Å². The Morgan fingerprint density at radius 1 is 1.38 bits per heavy atom. The van der Waals surface area contributed by atoms with Crippen molar-refractivity contribution >= 4 is 0 Å². The van der Waals surface area contributed by atoms with Gasteiger partial charge in [-0.25, -0.2) is 0 Å². The topological polar surface area (TPSA) is 29.5 Å². The van der Waals surface area contributed by atoms with Crippen molar-refractivity contribution in [2.75, 3.05) is 7.11 Å². The molecule has 0 radical (unpaired) electrons. The van der Waals surface area contributed by atoms with Gasteiger partial charge in [-0.05, 0) is 18.6 Å². The van der Waals surface area contributed by atoms with Crippen molar-refractivity contribution in [2.45, 2.75) is 25.6 Å². The van der Waals surface area contributed by atoms with Crippen LogP contribution in [0.15, 0.2) is 18.2 Å². The number of ether oxygens (including phenoxy) is 1. The Morgan fingerprint density at radius 2 is 2.00 bits per heavy atom. The van der Waals surface area contributed by atoms with E-state index in [-0.39, 0.29) is 12.2 Å². The summed E-state index contributed by atoms with van der Waals surface area (Å²) in [7, 11) is 1.19. The normalized spacial score (nSPS) is 13.6. The van der Waals surface area contributed by atoms with Gasteiger partial charge in [0.05, 0.1) is 18.8 Å². The van der Waals surface area contributed by atoms with Crippen LogP contribution >= 0.6 is 0 Å². The third kappa shape index (κ3) is 2.88. The van der Waals surface area contributed by atoms with Gasteiger partial charge in [0.1, 0.15) is 5.75 Å². The molecule has 0 spiro atoms. The van der Waals surface area contributed by atoms with Crippen LogP contribution in [-0.4, -0.2) is 18.3 Å². The Hall–Kier alpha value is -1.23. The summed E-state index contributed by atoms with van der Waals surface area (Å²) in [4.78, 5) is 0. The molecule has 0 amide bonds. The largest absolute Gasteiger partial charge is 0.496 e. The quantitative estimate of drug-likeness (QED) is 0.871. The lowest BCUT2D eigenvalue weighted by molar-refractivity contribution is -0.138. The monoisotopic (exact) mass is 234 g/mol. The van der Waals surface area contributed by atoms with Crippen molar-refractivity contribution in [3.8, 4) is 5.75 Å². The average Bonchev–Trinajstić information content (AvgIpc) is 2.15. The number of benzene rings is 1. The van der Waals surface area contributed by atoms with Crippen molar-refractivity contribution in [1.29, 1.82) is 0 Å². The van der Waals surface area contributed by atoms with Crippen LogP contribution in [0.2, 0.25) is 0 Å². The van der Waals surface area contributed by atoms with Gasteiger partial charge in [0.15, 0.2) is 0 Å². The maximum Gasteiger partial charge on any atom is 0.419 e. The van der Waals surface area contributed by atoms with Gasteiger partial charge >= 0.3 is 6.18 Å². The number of aliphatic hydroxyl groups is 1. The number of rotatable bonds is 3. The van der Waals surface area contributed by atoms with Crippen LogP contribution < -0.4 is 4.74 Å². The first kappa shape index (κ1) is 12.8. The Kier molecular flexibility index (Phi) is 3.80. The minimum atomic E-state index is -4.44. The lowest BCUT2D eigenvalue weighted by atomic mass is 10.0. The molecule has 5 heteroatoms. The van der Waals surface area contributed by atoms with E-state index in [1.807, 2.05) is 0 Å². The van der Waals surface area contributed by atoms with Gasteiger partial charge in [0.25, 0.3) is 0 Å². The lowest BCUT2D eigenvalue weighted by Crippen LogP contribution is -2.11. The molecule has 0 aliphatic rings. The number of methoxy groups -OCH3 is 1. The van der Waals surface area contributed by atoms with Crippen LogP contribution in [0.1, 0.15) is 18.1 Å². The Labute approximate surface area is 91.7 Å². The highest BCUT2D eigenvalue weighted by atomic mass is 19.4. The van der Waals surface area contributed by atoms with Crippen LogP contribution in [0.3, 0.4) is 0 Å². The molecule has 1 N–H and O–H groups in total. The molecule has 90 valence electrons. The van der Waals surface area contributed by atoms with Crippen LogP contribution in [0, 0.1) is 0 Å². The molecule has 0 heterocycles. The Balaban J connectivity index is 3.21. The van der Waals surface area contributed by atoms with E-state index in [4.69, 9.17) is 4.74 Å². The molecular weight excluding hydrogens is 221 g/mol. The van der Waals surface area contributed by atoms with Gasteiger partial charge < -0.3 is 9.84 Å². The van der Waals surface area contributed by atoms with E-state index in [1.54, 1.807) is 0 Å². The maximum atomic E-state index is 12.6. The highest BCUT2D eigenvalue weighted by Gasteiger charge is 2.35. The first-order valence-corrected chi connectivity index (χ1v) is 4.77. The first-order chi connectivity index (χ1) is 7.36. The molecule has 0 bridgehead atoms. The second kappa shape index (κ2) is 4.74. The summed E-state index contributed by atoms with van der Waals surface area (Å²) < 4.78 is 42.6. The molecule has 2 nitrogen and oxygen atoms in total. The van der Waals surface area contributed by atoms with Gasteiger partial charge in [-0.15, -0.1) is 0 Å². The predicted octanol–water partition coefficient (Wildman–Crippen LogP) is 2.64. The number of para-hydroxylation sites is 1. The third-order valence-electron chi connectivity index (χ3n) is 2.12. The lowest BCUT2D eigenvalue weighted by Gasteiger charge is -2.16. The van der Waals surface area contributed by atoms with E-state index < -0.39 is 17.8 Å². The third-order valence-corrected chi connectivity index (χ3v) is 2.12. The maximum absolute atomic E-state index is 12.6. The fourth-order valence-electron chi connectivity index (χ4n) is 1.53. The highest BCUT2D eigenvalue weighted by Crippen LogP contribution is 2.38. The van der Waals surface area contributed by atoms with Crippen LogP contribution in [0.25, 0.3) is 0 Å². The molecule has 1 aromatic carbocycles. The zero-order valence-electron chi connectivity index (χ0n) is 9.01. The number of halogens is 3. The number of alkyl halides is 3. The van der Waals surface area contributed by atoms with E-state index in [0.717, 1.165) is 6.07 Å². The molecule has 0 saturated heterocycles. The summed E-state index contributed by atoms with van der Waals surface area (Å²) in [5, 5.41) is 9.18. The van der Waals surface area contributed by atoms with Crippen molar-refractivity contribution in [1.82, 2.24) is 0 Å². The molecule has 1 atom stereocenters. The second-order valence-electron chi connectivity index (χ2n) is 3.55. The smallest absolute Gasteiger partial charge is 0.419 e. The molecule has 1 rings (SSSR count). The predicted molar refractivity (Wildman–Crippen MR) is 53.4 cm³/mol. The minimum absolute atomic E-state index is 0.132. The molecule has 0 aliphatic heterocycles. The Bertz CT molecular complexity index is 359. The summed E-state index contributed by atoms with van der Waals surface area (Å²) in [5.41, 5.74) is -0.458. The van der Waals surface area contributed by atoms with Crippen molar-refractivity contribution in [3.05, 3.63) is 29.3 Å².